The van der Waals surface area contributed by atoms with Gasteiger partial charge in [-0.25, -0.2) is 9.78 Å². The first-order valence-electron chi connectivity index (χ1n) is 9.75. The maximum atomic E-state index is 12.9. The minimum atomic E-state index is -0.511. The van der Waals surface area contributed by atoms with E-state index in [-0.39, 0.29) is 23.7 Å². The largest absolute Gasteiger partial charge is 0.454 e. The Morgan fingerprint density at radius 1 is 1.16 bits per heavy atom. The number of hydrogen-bond acceptors (Lipinski definition) is 6. The second kappa shape index (κ2) is 7.75. The molecule has 0 saturated heterocycles. The van der Waals surface area contributed by atoms with Gasteiger partial charge in [-0.05, 0) is 35.3 Å². The molecule has 3 heterocycles. The van der Waals surface area contributed by atoms with Crippen molar-refractivity contribution in [3.63, 3.8) is 0 Å². The fourth-order valence-corrected chi connectivity index (χ4v) is 3.47. The molecule has 0 aliphatic carbocycles. The van der Waals surface area contributed by atoms with Crippen LogP contribution in [0.3, 0.4) is 0 Å². The van der Waals surface area contributed by atoms with E-state index in [1.807, 2.05) is 19.9 Å². The molecule has 1 amide bonds. The minimum Gasteiger partial charge on any atom is -0.454 e. The standard InChI is InChI=1S/C22H22N4O5/c1-12(2)14-10-23-20-18(21(28)26(4)22(29)25(20)3)19(14)24-17(27)8-6-13-5-7-15-16(9-13)31-11-30-15/h5-10,12H,11H2,1-4H3,(H,23,24,27)/b8-6-. The molecule has 0 saturated carbocycles. The van der Waals surface area contributed by atoms with Crippen LogP contribution < -0.4 is 26.0 Å². The van der Waals surface area contributed by atoms with Crippen LogP contribution in [0.2, 0.25) is 0 Å². The van der Waals surface area contributed by atoms with Gasteiger partial charge in [0.2, 0.25) is 12.7 Å². The summed E-state index contributed by atoms with van der Waals surface area (Å²) >= 11 is 0. The Hall–Kier alpha value is -3.88. The summed E-state index contributed by atoms with van der Waals surface area (Å²) in [6, 6.07) is 5.36. The van der Waals surface area contributed by atoms with Crippen molar-refractivity contribution in [3.05, 3.63) is 62.4 Å². The van der Waals surface area contributed by atoms with Gasteiger partial charge in [-0.2, -0.15) is 0 Å². The quantitative estimate of drug-likeness (QED) is 0.646. The summed E-state index contributed by atoms with van der Waals surface area (Å²) in [5.74, 6) is 0.858. The molecule has 0 radical (unpaired) electrons. The Kier molecular flexibility index (Phi) is 5.10. The fourth-order valence-electron chi connectivity index (χ4n) is 3.47. The van der Waals surface area contributed by atoms with Gasteiger partial charge >= 0.3 is 5.69 Å². The second-order valence-corrected chi connectivity index (χ2v) is 7.58. The van der Waals surface area contributed by atoms with Crippen LogP contribution in [0.15, 0.2) is 40.1 Å². The number of hydrogen-bond donors (Lipinski definition) is 1. The van der Waals surface area contributed by atoms with E-state index in [4.69, 9.17) is 9.47 Å². The van der Waals surface area contributed by atoms with Gasteiger partial charge in [0.1, 0.15) is 5.39 Å². The first-order valence-corrected chi connectivity index (χ1v) is 9.75. The van der Waals surface area contributed by atoms with E-state index in [0.29, 0.717) is 22.7 Å². The number of benzene rings is 1. The number of nitrogens with one attached hydrogen (secondary N) is 1. The van der Waals surface area contributed by atoms with Gasteiger partial charge in [0.15, 0.2) is 17.1 Å². The van der Waals surface area contributed by atoms with Crippen molar-refractivity contribution < 1.29 is 14.3 Å². The lowest BCUT2D eigenvalue weighted by Crippen LogP contribution is -2.38. The van der Waals surface area contributed by atoms with E-state index in [1.54, 1.807) is 24.4 Å². The molecule has 0 fully saturated rings. The van der Waals surface area contributed by atoms with Crippen LogP contribution in [0.5, 0.6) is 11.5 Å². The predicted octanol–water partition coefficient (Wildman–Crippen LogP) is 2.14. The Bertz CT molecular complexity index is 1350. The lowest BCUT2D eigenvalue weighted by atomic mass is 10.0. The van der Waals surface area contributed by atoms with Crippen molar-refractivity contribution in [2.75, 3.05) is 12.1 Å². The highest BCUT2D eigenvalue weighted by Gasteiger charge is 2.20. The summed E-state index contributed by atoms with van der Waals surface area (Å²) in [5, 5.41) is 3.02. The third-order valence-electron chi connectivity index (χ3n) is 5.19. The molecule has 0 atom stereocenters. The first-order chi connectivity index (χ1) is 14.8. The molecule has 4 rings (SSSR count). The Morgan fingerprint density at radius 2 is 1.90 bits per heavy atom. The van der Waals surface area contributed by atoms with E-state index in [1.165, 1.54) is 24.7 Å². The van der Waals surface area contributed by atoms with Gasteiger partial charge in [-0.3, -0.25) is 18.7 Å². The molecule has 0 spiro atoms. The first kappa shape index (κ1) is 20.4. The summed E-state index contributed by atoms with van der Waals surface area (Å²) in [4.78, 5) is 42.2. The Morgan fingerprint density at radius 3 is 2.65 bits per heavy atom. The molecule has 1 aliphatic rings. The van der Waals surface area contributed by atoms with E-state index in [9.17, 15) is 14.4 Å². The molecule has 160 valence electrons. The van der Waals surface area contributed by atoms with Crippen molar-refractivity contribution in [1.82, 2.24) is 14.1 Å². The third kappa shape index (κ3) is 3.58. The van der Waals surface area contributed by atoms with Crippen molar-refractivity contribution in [2.45, 2.75) is 19.8 Å². The van der Waals surface area contributed by atoms with Gasteiger partial charge in [-0.15, -0.1) is 0 Å². The number of aryl methyl sites for hydroxylation is 1. The molecule has 0 unspecified atom stereocenters. The number of rotatable bonds is 4. The van der Waals surface area contributed by atoms with Crippen LogP contribution in [-0.4, -0.2) is 26.8 Å². The summed E-state index contributed by atoms with van der Waals surface area (Å²) in [6.07, 6.45) is 4.60. The van der Waals surface area contributed by atoms with Crippen molar-refractivity contribution in [3.8, 4) is 11.5 Å². The Balaban J connectivity index is 1.74. The smallest absolute Gasteiger partial charge is 0.332 e. The van der Waals surface area contributed by atoms with Crippen molar-refractivity contribution in [1.29, 1.82) is 0 Å². The molecule has 0 bridgehead atoms. The van der Waals surface area contributed by atoms with Crippen LogP contribution >= 0.6 is 0 Å². The molecular formula is C22H22N4O5. The monoisotopic (exact) mass is 422 g/mol. The van der Waals surface area contributed by atoms with Gasteiger partial charge in [0.25, 0.3) is 5.56 Å². The molecule has 1 aromatic carbocycles. The second-order valence-electron chi connectivity index (χ2n) is 7.58. The molecule has 1 N–H and O–H groups in total. The van der Waals surface area contributed by atoms with E-state index in [2.05, 4.69) is 10.3 Å². The summed E-state index contributed by atoms with van der Waals surface area (Å²) in [7, 11) is 2.94. The van der Waals surface area contributed by atoms with Gasteiger partial charge in [0.05, 0.1) is 5.69 Å². The van der Waals surface area contributed by atoms with E-state index < -0.39 is 17.2 Å². The number of carbonyl (C=O) groups is 1. The molecule has 3 aromatic rings. The molecule has 9 nitrogen and oxygen atoms in total. The molecule has 1 aliphatic heterocycles. The van der Waals surface area contributed by atoms with Crippen LogP contribution in [0, 0.1) is 0 Å². The van der Waals surface area contributed by atoms with Crippen LogP contribution in [0.1, 0.15) is 30.9 Å². The van der Waals surface area contributed by atoms with Crippen LogP contribution in [-0.2, 0) is 18.9 Å². The minimum absolute atomic E-state index is 0.00743. The zero-order valence-electron chi connectivity index (χ0n) is 17.6. The molecule has 2 aromatic heterocycles. The van der Waals surface area contributed by atoms with Crippen molar-refractivity contribution >= 4 is 28.7 Å². The zero-order valence-corrected chi connectivity index (χ0v) is 17.6. The number of ether oxygens (including phenoxy) is 2. The topological polar surface area (TPSA) is 104 Å². The number of nitrogens with zero attached hydrogens (tertiary/aromatic N) is 3. The lowest BCUT2D eigenvalue weighted by molar-refractivity contribution is -0.111. The summed E-state index contributed by atoms with van der Waals surface area (Å²) < 4.78 is 12.9. The maximum Gasteiger partial charge on any atom is 0.332 e. The van der Waals surface area contributed by atoms with Gasteiger partial charge < -0.3 is 14.8 Å². The third-order valence-corrected chi connectivity index (χ3v) is 5.19. The van der Waals surface area contributed by atoms with Crippen LogP contribution in [0.4, 0.5) is 5.69 Å². The maximum absolute atomic E-state index is 12.9. The van der Waals surface area contributed by atoms with Gasteiger partial charge in [0, 0.05) is 26.4 Å². The summed E-state index contributed by atoms with van der Waals surface area (Å²) in [5.41, 5.74) is 1.05. The molecular weight excluding hydrogens is 400 g/mol. The van der Waals surface area contributed by atoms with Gasteiger partial charge in [-0.1, -0.05) is 19.9 Å². The average Bonchev–Trinajstić information content (AvgIpc) is 3.22. The molecule has 9 heteroatoms. The number of anilines is 1. The highest BCUT2D eigenvalue weighted by molar-refractivity contribution is 6.07. The van der Waals surface area contributed by atoms with E-state index in [0.717, 1.165) is 10.1 Å². The fraction of sp³-hybridized carbons (Fsp3) is 0.273. The number of amides is 1. The Labute approximate surface area is 177 Å². The molecule has 31 heavy (non-hydrogen) atoms. The number of aromatic nitrogens is 3. The van der Waals surface area contributed by atoms with Crippen molar-refractivity contribution in [2.24, 2.45) is 14.1 Å². The van der Waals surface area contributed by atoms with E-state index >= 15 is 0 Å². The number of pyridine rings is 1. The lowest BCUT2D eigenvalue weighted by Gasteiger charge is -2.16. The number of carbonyl (C=O) groups excluding carboxylic acids is 1. The van der Waals surface area contributed by atoms with Crippen LogP contribution in [0.25, 0.3) is 17.1 Å². The zero-order chi connectivity index (χ0) is 22.3. The average molecular weight is 422 g/mol. The highest BCUT2D eigenvalue weighted by atomic mass is 16.7. The SMILES string of the molecule is CC(C)c1cnc2c(c1NC(=O)/C=C\c1ccc3c(c1)OCO3)c(=O)n(C)c(=O)n2C. The highest BCUT2D eigenvalue weighted by Crippen LogP contribution is 2.33. The predicted molar refractivity (Wildman–Crippen MR) is 117 cm³/mol. The number of fused-ring (bicyclic) bond motifs is 2. The summed E-state index contributed by atoms with van der Waals surface area (Å²) in [6.45, 7) is 4.05. The normalized spacial score (nSPS) is 12.8.